The van der Waals surface area contributed by atoms with Gasteiger partial charge < -0.3 is 24.3 Å². The molecular weight excluding hydrogens is 336 g/mol. The third-order valence-electron chi connectivity index (χ3n) is 5.04. The lowest BCUT2D eigenvalue weighted by Gasteiger charge is -2.21. The molecule has 2 aromatic rings. The van der Waals surface area contributed by atoms with Crippen molar-refractivity contribution in [2.45, 2.75) is 25.6 Å². The van der Waals surface area contributed by atoms with Gasteiger partial charge in [-0.3, -0.25) is 4.79 Å². The fourth-order valence-electron chi connectivity index (χ4n) is 3.68. The first kappa shape index (κ1) is 16.8. The molecule has 8 heteroatoms. The van der Waals surface area contributed by atoms with E-state index in [9.17, 15) is 9.59 Å². The van der Waals surface area contributed by atoms with E-state index in [1.54, 1.807) is 16.8 Å². The van der Waals surface area contributed by atoms with Crippen molar-refractivity contribution in [1.82, 2.24) is 19.8 Å². The Labute approximate surface area is 151 Å². The van der Waals surface area contributed by atoms with Gasteiger partial charge in [0.2, 0.25) is 5.91 Å². The molecule has 138 valence electrons. The summed E-state index contributed by atoms with van der Waals surface area (Å²) in [6, 6.07) is 5.95. The average Bonchev–Trinajstić information content (AvgIpc) is 3.26. The van der Waals surface area contributed by atoms with Crippen LogP contribution in [0.2, 0.25) is 0 Å². The zero-order valence-electron chi connectivity index (χ0n) is 14.9. The maximum Gasteiger partial charge on any atom is 0.410 e. The van der Waals surface area contributed by atoms with Crippen molar-refractivity contribution in [3.63, 3.8) is 0 Å². The lowest BCUT2D eigenvalue weighted by molar-refractivity contribution is -0.136. The molecule has 3 heterocycles. The first-order valence-corrected chi connectivity index (χ1v) is 8.70. The highest BCUT2D eigenvalue weighted by molar-refractivity contribution is 5.79. The van der Waals surface area contributed by atoms with Crippen LogP contribution in [0.5, 0.6) is 0 Å². The second-order valence-electron chi connectivity index (χ2n) is 7.12. The van der Waals surface area contributed by atoms with E-state index in [1.807, 2.05) is 25.1 Å². The van der Waals surface area contributed by atoms with E-state index in [0.29, 0.717) is 31.9 Å². The van der Waals surface area contributed by atoms with Crippen LogP contribution >= 0.6 is 0 Å². The van der Waals surface area contributed by atoms with Crippen molar-refractivity contribution in [3.8, 4) is 0 Å². The minimum atomic E-state index is -0.558. The van der Waals surface area contributed by atoms with Crippen LogP contribution in [0.25, 0.3) is 11.0 Å². The molecule has 0 unspecified atom stereocenters. The molecule has 0 aliphatic carbocycles. The topological polar surface area (TPSA) is 87.8 Å². The summed E-state index contributed by atoms with van der Waals surface area (Å²) in [6.07, 6.45) is 0.341. The SMILES string of the molecule is Cc1cccc2[nH]c(COCC(=O)N3CC[C@@]4(CN(C)C(=O)O4)C3)nc12. The van der Waals surface area contributed by atoms with E-state index in [-0.39, 0.29) is 25.2 Å². The van der Waals surface area contributed by atoms with Gasteiger partial charge in [0.05, 0.1) is 24.1 Å². The molecule has 0 bridgehead atoms. The van der Waals surface area contributed by atoms with E-state index in [2.05, 4.69) is 9.97 Å². The van der Waals surface area contributed by atoms with Crippen LogP contribution in [-0.2, 0) is 20.9 Å². The molecule has 1 atom stereocenters. The summed E-state index contributed by atoms with van der Waals surface area (Å²) < 4.78 is 11.0. The molecule has 2 aliphatic heterocycles. The van der Waals surface area contributed by atoms with Crippen LogP contribution in [0.15, 0.2) is 18.2 Å². The van der Waals surface area contributed by atoms with Gasteiger partial charge in [-0.05, 0) is 18.6 Å². The fraction of sp³-hybridized carbons (Fsp3) is 0.500. The molecule has 1 aromatic heterocycles. The maximum atomic E-state index is 12.4. The number of nitrogens with zero attached hydrogens (tertiary/aromatic N) is 3. The second kappa shape index (κ2) is 6.28. The van der Waals surface area contributed by atoms with Crippen LogP contribution in [0.1, 0.15) is 17.8 Å². The molecule has 1 spiro atoms. The number of hydrogen-bond donors (Lipinski definition) is 1. The Balaban J connectivity index is 1.30. The predicted molar refractivity (Wildman–Crippen MR) is 93.5 cm³/mol. The summed E-state index contributed by atoms with van der Waals surface area (Å²) in [4.78, 5) is 35.0. The third-order valence-corrected chi connectivity index (χ3v) is 5.04. The van der Waals surface area contributed by atoms with Crippen LogP contribution in [0.4, 0.5) is 4.79 Å². The molecule has 26 heavy (non-hydrogen) atoms. The molecule has 8 nitrogen and oxygen atoms in total. The van der Waals surface area contributed by atoms with Crippen LogP contribution in [0, 0.1) is 6.92 Å². The Kier molecular flexibility index (Phi) is 4.07. The Morgan fingerprint density at radius 1 is 1.42 bits per heavy atom. The number of para-hydroxylation sites is 1. The summed E-state index contributed by atoms with van der Waals surface area (Å²) in [7, 11) is 1.71. The number of likely N-dealkylation sites (N-methyl/N-ethyl adjacent to an activating group) is 1. The number of fused-ring (bicyclic) bond motifs is 1. The molecule has 2 fully saturated rings. The molecule has 2 aliphatic rings. The van der Waals surface area contributed by atoms with Gasteiger partial charge in [-0.25, -0.2) is 9.78 Å². The van der Waals surface area contributed by atoms with E-state index in [0.717, 1.165) is 16.6 Å². The van der Waals surface area contributed by atoms with Crippen molar-refractivity contribution in [1.29, 1.82) is 0 Å². The molecule has 0 saturated carbocycles. The Bertz CT molecular complexity index is 864. The second-order valence-corrected chi connectivity index (χ2v) is 7.12. The number of aryl methyl sites for hydroxylation is 1. The van der Waals surface area contributed by atoms with Crippen molar-refractivity contribution in [2.75, 3.05) is 33.3 Å². The highest BCUT2D eigenvalue weighted by Gasteiger charge is 2.49. The van der Waals surface area contributed by atoms with Crippen LogP contribution in [-0.4, -0.2) is 70.7 Å². The Hall–Kier alpha value is -2.61. The summed E-state index contributed by atoms with van der Waals surface area (Å²) in [5.41, 5.74) is 2.42. The quantitative estimate of drug-likeness (QED) is 0.894. The number of hydrogen-bond acceptors (Lipinski definition) is 5. The Morgan fingerprint density at radius 2 is 2.27 bits per heavy atom. The highest BCUT2D eigenvalue weighted by atomic mass is 16.6. The molecule has 1 N–H and O–H groups in total. The van der Waals surface area contributed by atoms with Crippen molar-refractivity contribution in [2.24, 2.45) is 0 Å². The van der Waals surface area contributed by atoms with Gasteiger partial charge in [0.25, 0.3) is 0 Å². The molecular formula is C18H22N4O4. The fourth-order valence-corrected chi connectivity index (χ4v) is 3.68. The summed E-state index contributed by atoms with van der Waals surface area (Å²) in [5, 5.41) is 0. The third kappa shape index (κ3) is 3.01. The van der Waals surface area contributed by atoms with Crippen LogP contribution < -0.4 is 0 Å². The number of rotatable bonds is 4. The number of nitrogens with one attached hydrogen (secondary N) is 1. The summed E-state index contributed by atoms with van der Waals surface area (Å²) >= 11 is 0. The molecule has 0 radical (unpaired) electrons. The normalized spacial score (nSPS) is 22.6. The minimum absolute atomic E-state index is 0.0180. The van der Waals surface area contributed by atoms with Crippen molar-refractivity contribution >= 4 is 23.0 Å². The van der Waals surface area contributed by atoms with E-state index in [1.165, 1.54) is 0 Å². The molecule has 2 amide bonds. The number of aromatic nitrogens is 2. The van der Waals surface area contributed by atoms with Gasteiger partial charge >= 0.3 is 6.09 Å². The van der Waals surface area contributed by atoms with Gasteiger partial charge in [0.15, 0.2) is 5.60 Å². The van der Waals surface area contributed by atoms with Gasteiger partial charge in [-0.1, -0.05) is 12.1 Å². The molecule has 1 aromatic carbocycles. The van der Waals surface area contributed by atoms with Gasteiger partial charge in [-0.2, -0.15) is 0 Å². The highest BCUT2D eigenvalue weighted by Crippen LogP contribution is 2.31. The molecule has 4 rings (SSSR count). The average molecular weight is 358 g/mol. The smallest absolute Gasteiger partial charge is 0.410 e. The summed E-state index contributed by atoms with van der Waals surface area (Å²) in [5.74, 6) is 0.603. The van der Waals surface area contributed by atoms with Gasteiger partial charge in [0, 0.05) is 20.0 Å². The zero-order valence-corrected chi connectivity index (χ0v) is 14.9. The zero-order chi connectivity index (χ0) is 18.3. The number of likely N-dealkylation sites (tertiary alicyclic amines) is 1. The van der Waals surface area contributed by atoms with Crippen molar-refractivity contribution in [3.05, 3.63) is 29.6 Å². The number of imidazole rings is 1. The first-order valence-electron chi connectivity index (χ1n) is 8.70. The standard InChI is InChI=1S/C18H22N4O4/c1-12-4-3-5-13-16(12)20-14(19-13)8-25-9-15(23)22-7-6-18(11-22)10-21(2)17(24)26-18/h3-5H,6-11H2,1-2H3,(H,19,20)/t18-/m1/s1. The van der Waals surface area contributed by atoms with Crippen LogP contribution in [0.3, 0.4) is 0 Å². The number of carbonyl (C=O) groups excluding carboxylic acids is 2. The lowest BCUT2D eigenvalue weighted by atomic mass is 10.0. The first-order chi connectivity index (χ1) is 12.5. The molecule has 2 saturated heterocycles. The monoisotopic (exact) mass is 358 g/mol. The number of ether oxygens (including phenoxy) is 2. The van der Waals surface area contributed by atoms with E-state index >= 15 is 0 Å². The van der Waals surface area contributed by atoms with Crippen molar-refractivity contribution < 1.29 is 19.1 Å². The minimum Gasteiger partial charge on any atom is -0.439 e. The maximum absolute atomic E-state index is 12.4. The predicted octanol–water partition coefficient (Wildman–Crippen LogP) is 1.44. The number of amides is 2. The number of aromatic amines is 1. The lowest BCUT2D eigenvalue weighted by Crippen LogP contribution is -2.40. The number of carbonyl (C=O) groups is 2. The van der Waals surface area contributed by atoms with E-state index in [4.69, 9.17) is 9.47 Å². The number of benzene rings is 1. The van der Waals surface area contributed by atoms with E-state index < -0.39 is 5.60 Å². The van der Waals surface area contributed by atoms with Gasteiger partial charge in [0.1, 0.15) is 19.0 Å². The summed E-state index contributed by atoms with van der Waals surface area (Å²) in [6.45, 7) is 3.76. The Morgan fingerprint density at radius 3 is 3.00 bits per heavy atom. The largest absolute Gasteiger partial charge is 0.439 e. The van der Waals surface area contributed by atoms with Gasteiger partial charge in [-0.15, -0.1) is 0 Å². The number of H-pyrrole nitrogens is 1.